The molecule has 2 aromatic carbocycles. The van der Waals surface area contributed by atoms with Crippen molar-refractivity contribution in [3.05, 3.63) is 75.2 Å². The first-order chi connectivity index (χ1) is 17.0. The van der Waals surface area contributed by atoms with Gasteiger partial charge in [0.25, 0.3) is 5.56 Å². The van der Waals surface area contributed by atoms with E-state index in [0.717, 1.165) is 49.3 Å². The minimum absolute atomic E-state index is 0.0811. The molecule has 2 N–H and O–H groups in total. The summed E-state index contributed by atoms with van der Waals surface area (Å²) in [7, 11) is 0. The first-order valence-corrected chi connectivity index (χ1v) is 12.2. The summed E-state index contributed by atoms with van der Waals surface area (Å²) in [4.78, 5) is 22.6. The molecule has 1 fully saturated rings. The molecule has 3 heterocycles. The van der Waals surface area contributed by atoms with E-state index in [1.54, 1.807) is 10.9 Å². The summed E-state index contributed by atoms with van der Waals surface area (Å²) in [6.07, 6.45) is 4.78. The Labute approximate surface area is 203 Å². The van der Waals surface area contributed by atoms with Gasteiger partial charge >= 0.3 is 0 Å². The molecule has 2 aromatic heterocycles. The van der Waals surface area contributed by atoms with Crippen molar-refractivity contribution < 1.29 is 0 Å². The zero-order valence-electron chi connectivity index (χ0n) is 19.9. The van der Waals surface area contributed by atoms with Gasteiger partial charge in [0.05, 0.1) is 17.3 Å². The number of rotatable bonds is 5. The highest BCUT2D eigenvalue weighted by Gasteiger charge is 2.27. The fourth-order valence-electron chi connectivity index (χ4n) is 4.97. The molecule has 1 aliphatic heterocycles. The number of nitriles is 1. The van der Waals surface area contributed by atoms with Gasteiger partial charge in [0, 0.05) is 24.5 Å². The second kappa shape index (κ2) is 8.36. The van der Waals surface area contributed by atoms with E-state index in [1.165, 1.54) is 11.1 Å². The third-order valence-electron chi connectivity index (χ3n) is 6.88. The van der Waals surface area contributed by atoms with E-state index in [0.29, 0.717) is 28.5 Å². The topological polar surface area (TPSA) is 101 Å². The van der Waals surface area contributed by atoms with E-state index in [4.69, 9.17) is 4.98 Å². The Morgan fingerprint density at radius 2 is 2.03 bits per heavy atom. The van der Waals surface area contributed by atoms with Crippen molar-refractivity contribution in [1.29, 1.82) is 5.26 Å². The number of nitrogens with one attached hydrogen (secondary N) is 2. The normalized spacial score (nSPS) is 15.3. The quantitative estimate of drug-likeness (QED) is 0.456. The maximum atomic E-state index is 13.3. The summed E-state index contributed by atoms with van der Waals surface area (Å²) < 4.78 is 3.59. The van der Waals surface area contributed by atoms with Crippen LogP contribution in [0.4, 0.5) is 11.6 Å². The smallest absolute Gasteiger partial charge is 0.278 e. The summed E-state index contributed by atoms with van der Waals surface area (Å²) in [5.74, 6) is 0.855. The zero-order chi connectivity index (χ0) is 24.1. The van der Waals surface area contributed by atoms with Crippen molar-refractivity contribution >= 4 is 22.7 Å². The van der Waals surface area contributed by atoms with Crippen LogP contribution in [0.1, 0.15) is 60.9 Å². The Bertz CT molecular complexity index is 1550. The molecule has 4 aromatic rings. The summed E-state index contributed by atoms with van der Waals surface area (Å²) in [5.41, 5.74) is 6.57. The van der Waals surface area contributed by atoms with Crippen LogP contribution in [0.15, 0.2) is 47.4 Å². The van der Waals surface area contributed by atoms with Crippen LogP contribution in [0.2, 0.25) is 0 Å². The van der Waals surface area contributed by atoms with Crippen molar-refractivity contribution in [1.82, 2.24) is 24.6 Å². The van der Waals surface area contributed by atoms with Crippen LogP contribution in [0.3, 0.4) is 0 Å². The summed E-state index contributed by atoms with van der Waals surface area (Å²) >= 11 is 0. The SMILES string of the molecule is CC(C)n1c(=O)c2cnc(Nc3ccc4c(c3)CCNC4)nc2n1-c1ccc(C#N)c(C2CC2)c1. The van der Waals surface area contributed by atoms with Gasteiger partial charge in [-0.25, -0.2) is 14.3 Å². The van der Waals surface area contributed by atoms with Gasteiger partial charge in [-0.2, -0.15) is 10.2 Å². The van der Waals surface area contributed by atoms with Gasteiger partial charge in [-0.15, -0.1) is 0 Å². The van der Waals surface area contributed by atoms with Gasteiger partial charge < -0.3 is 10.6 Å². The van der Waals surface area contributed by atoms with E-state index < -0.39 is 0 Å². The first-order valence-electron chi connectivity index (χ1n) is 12.2. The van der Waals surface area contributed by atoms with Crippen molar-refractivity contribution in [3.8, 4) is 11.8 Å². The van der Waals surface area contributed by atoms with Crippen LogP contribution < -0.4 is 16.2 Å². The molecule has 6 rings (SSSR count). The van der Waals surface area contributed by atoms with Gasteiger partial charge in [0.1, 0.15) is 5.39 Å². The highest BCUT2D eigenvalue weighted by molar-refractivity contribution is 5.77. The van der Waals surface area contributed by atoms with Crippen LogP contribution in [-0.2, 0) is 13.0 Å². The number of anilines is 2. The fraction of sp³-hybridized carbons (Fsp3) is 0.333. The average molecular weight is 466 g/mol. The molecule has 0 saturated heterocycles. The molecule has 0 atom stereocenters. The maximum absolute atomic E-state index is 13.3. The predicted octanol–water partition coefficient (Wildman–Crippen LogP) is 4.30. The van der Waals surface area contributed by atoms with Crippen molar-refractivity contribution in [2.45, 2.75) is 51.6 Å². The molecule has 8 nitrogen and oxygen atoms in total. The van der Waals surface area contributed by atoms with Crippen molar-refractivity contribution in [3.63, 3.8) is 0 Å². The van der Waals surface area contributed by atoms with Crippen molar-refractivity contribution in [2.24, 2.45) is 0 Å². The van der Waals surface area contributed by atoms with Crippen LogP contribution in [0.5, 0.6) is 0 Å². The van der Waals surface area contributed by atoms with E-state index in [2.05, 4.69) is 33.8 Å². The molecular formula is C27H27N7O. The lowest BCUT2D eigenvalue weighted by Gasteiger charge is -2.18. The van der Waals surface area contributed by atoms with E-state index in [9.17, 15) is 10.1 Å². The molecule has 1 aliphatic carbocycles. The molecule has 0 amide bonds. The third kappa shape index (κ3) is 3.78. The minimum atomic E-state index is -0.125. The standard InChI is InChI=1S/C27H27N7O/c1-16(2)33-26(35)24-15-30-27(31-21-7-5-20-14-29-10-9-18(20)11-21)32-25(24)34(33)22-8-6-19(13-28)23(12-22)17-3-4-17/h5-8,11-12,15-17,29H,3-4,9-10,14H2,1-2H3,(H,30,31,32). The zero-order valence-corrected chi connectivity index (χ0v) is 19.9. The van der Waals surface area contributed by atoms with Gasteiger partial charge in [-0.05, 0) is 92.6 Å². The number of nitrogens with zero attached hydrogens (tertiary/aromatic N) is 5. The molecule has 1 saturated carbocycles. The van der Waals surface area contributed by atoms with E-state index >= 15 is 0 Å². The molecule has 8 heteroatoms. The number of hydrogen-bond donors (Lipinski definition) is 2. The van der Waals surface area contributed by atoms with Gasteiger partial charge in [0.2, 0.25) is 5.95 Å². The lowest BCUT2D eigenvalue weighted by molar-refractivity contribution is 0.476. The lowest BCUT2D eigenvalue weighted by Crippen LogP contribution is -2.24. The molecule has 0 spiro atoms. The highest BCUT2D eigenvalue weighted by Crippen LogP contribution is 2.42. The summed E-state index contributed by atoms with van der Waals surface area (Å²) in [6.45, 7) is 5.83. The van der Waals surface area contributed by atoms with Gasteiger partial charge in [-0.3, -0.25) is 4.79 Å². The Balaban J connectivity index is 1.47. The third-order valence-corrected chi connectivity index (χ3v) is 6.88. The largest absolute Gasteiger partial charge is 0.324 e. The number of fused-ring (bicyclic) bond motifs is 2. The summed E-state index contributed by atoms with van der Waals surface area (Å²) in [5, 5.41) is 16.8. The summed E-state index contributed by atoms with van der Waals surface area (Å²) in [6, 6.07) is 14.3. The van der Waals surface area contributed by atoms with E-state index in [-0.39, 0.29) is 11.6 Å². The Morgan fingerprint density at radius 3 is 2.80 bits per heavy atom. The fourth-order valence-corrected chi connectivity index (χ4v) is 4.97. The first kappa shape index (κ1) is 21.6. The Morgan fingerprint density at radius 1 is 1.17 bits per heavy atom. The van der Waals surface area contributed by atoms with Crippen LogP contribution in [0.25, 0.3) is 16.7 Å². The Kier molecular flexibility index (Phi) is 5.15. The lowest BCUT2D eigenvalue weighted by atomic mass is 10.0. The van der Waals surface area contributed by atoms with Crippen LogP contribution >= 0.6 is 0 Å². The van der Waals surface area contributed by atoms with E-state index in [1.807, 2.05) is 42.8 Å². The van der Waals surface area contributed by atoms with Crippen LogP contribution in [-0.4, -0.2) is 25.9 Å². The highest BCUT2D eigenvalue weighted by atomic mass is 16.1. The maximum Gasteiger partial charge on any atom is 0.278 e. The van der Waals surface area contributed by atoms with Gasteiger partial charge in [-0.1, -0.05) is 6.07 Å². The monoisotopic (exact) mass is 465 g/mol. The number of benzene rings is 2. The average Bonchev–Trinajstić information content (AvgIpc) is 3.67. The second-order valence-corrected chi connectivity index (χ2v) is 9.68. The molecule has 0 radical (unpaired) electrons. The molecule has 0 unspecified atom stereocenters. The predicted molar refractivity (Wildman–Crippen MR) is 135 cm³/mol. The molecule has 0 bridgehead atoms. The molecule has 176 valence electrons. The van der Waals surface area contributed by atoms with Crippen LogP contribution in [0, 0.1) is 11.3 Å². The van der Waals surface area contributed by atoms with Gasteiger partial charge in [0.15, 0.2) is 5.65 Å². The Hall–Kier alpha value is -3.96. The second-order valence-electron chi connectivity index (χ2n) is 9.68. The van der Waals surface area contributed by atoms with Crippen molar-refractivity contribution in [2.75, 3.05) is 11.9 Å². The minimum Gasteiger partial charge on any atom is -0.324 e. The number of aromatic nitrogens is 4. The molecule has 2 aliphatic rings. The molecular weight excluding hydrogens is 438 g/mol. The number of hydrogen-bond acceptors (Lipinski definition) is 6. The molecule has 35 heavy (non-hydrogen) atoms.